The Kier molecular flexibility index (Phi) is 19.4. The van der Waals surface area contributed by atoms with E-state index in [1.54, 1.807) is 19.9 Å². The highest BCUT2D eigenvalue weighted by Crippen LogP contribution is 2.20. The van der Waals surface area contributed by atoms with Crippen LogP contribution in [0.3, 0.4) is 0 Å². The van der Waals surface area contributed by atoms with Crippen molar-refractivity contribution in [2.45, 2.75) is 137 Å². The standard InChI is InChI=1S/C43H67N5O9/c1-13-28(6)37-41(53)47(11)31(9)43(55)56-34(27(4)5)22-18-17-19-29(7)42(54)57-35(23-26(2)3)38(50)44-30(8)39(51)48(12)33(24-32-20-15-14-16-21-32)40(52)46(10)25-36(49)45-37/h14-16,19-21,26-28,30-31,33-35,37H,13,17-18,22-25H2,1-12H3,(H,44,50)(H,45,49)/b29-19+/t28?,30-,31+,33+,34-,35+,37?/m0/s1. The second-order valence-corrected chi connectivity index (χ2v) is 16.2. The normalized spacial score (nSPS) is 26.7. The number of carbonyl (C=O) groups excluding carboxylic acids is 7. The van der Waals surface area contributed by atoms with Crippen LogP contribution in [0.5, 0.6) is 0 Å². The Labute approximate surface area is 339 Å². The number of amides is 5. The first-order valence-corrected chi connectivity index (χ1v) is 20.2. The van der Waals surface area contributed by atoms with E-state index in [1.807, 2.05) is 71.9 Å². The molecule has 0 fully saturated rings. The molecule has 57 heavy (non-hydrogen) atoms. The van der Waals surface area contributed by atoms with Gasteiger partial charge in [0.1, 0.15) is 30.3 Å². The molecule has 1 aliphatic heterocycles. The van der Waals surface area contributed by atoms with Crippen molar-refractivity contribution in [3.05, 3.63) is 47.5 Å². The molecule has 1 heterocycles. The Hall–Kier alpha value is -4.75. The molecule has 318 valence electrons. The van der Waals surface area contributed by atoms with Crippen molar-refractivity contribution in [2.24, 2.45) is 17.8 Å². The molecule has 0 aliphatic carbocycles. The van der Waals surface area contributed by atoms with E-state index >= 15 is 0 Å². The monoisotopic (exact) mass is 797 g/mol. The first-order chi connectivity index (χ1) is 26.7. The first-order valence-electron chi connectivity index (χ1n) is 20.2. The SMILES string of the molecule is CCC(C)C1NC(=O)CN(C)C(=O)[C@@H](Cc2ccccc2)N(C)C(=O)[C@H](C)NC(=O)[C@@H](CC(C)C)OC(=O)/C(C)=C/CCC[C@@H](C(C)C)OC(=O)[C@@H](C)N(C)C1=O. The quantitative estimate of drug-likeness (QED) is 0.387. The Morgan fingerprint density at radius 1 is 0.825 bits per heavy atom. The number of cyclic esters (lactones) is 2. The molecule has 7 atom stereocenters. The summed E-state index contributed by atoms with van der Waals surface area (Å²) in [7, 11) is 4.39. The number of likely N-dealkylation sites (N-methyl/N-ethyl adjacent to an activating group) is 3. The molecule has 14 nitrogen and oxygen atoms in total. The van der Waals surface area contributed by atoms with Crippen molar-refractivity contribution in [2.75, 3.05) is 27.7 Å². The third-order valence-corrected chi connectivity index (χ3v) is 10.6. The number of carbonyl (C=O) groups is 7. The number of allylic oxidation sites excluding steroid dienone is 1. The summed E-state index contributed by atoms with van der Waals surface area (Å²) in [6.07, 6.45) is 2.49. The largest absolute Gasteiger partial charge is 0.461 e. The summed E-state index contributed by atoms with van der Waals surface area (Å²) in [5.41, 5.74) is 1.07. The van der Waals surface area contributed by atoms with E-state index in [0.717, 1.165) is 5.56 Å². The van der Waals surface area contributed by atoms with Gasteiger partial charge in [-0.3, -0.25) is 24.0 Å². The lowest BCUT2D eigenvalue weighted by Gasteiger charge is -2.34. The molecule has 1 aliphatic rings. The zero-order valence-electron chi connectivity index (χ0n) is 36.1. The molecular formula is C43H67N5O9. The van der Waals surface area contributed by atoms with E-state index < -0.39 is 84.4 Å². The first kappa shape index (κ1) is 48.4. The van der Waals surface area contributed by atoms with E-state index in [1.165, 1.54) is 42.8 Å². The average Bonchev–Trinajstić information content (AvgIpc) is 3.17. The van der Waals surface area contributed by atoms with Crippen LogP contribution in [0.4, 0.5) is 0 Å². The zero-order chi connectivity index (χ0) is 43.1. The van der Waals surface area contributed by atoms with E-state index in [2.05, 4.69) is 10.6 Å². The number of nitrogens with one attached hydrogen (secondary N) is 2. The number of hydrogen-bond acceptors (Lipinski definition) is 9. The molecular weight excluding hydrogens is 730 g/mol. The van der Waals surface area contributed by atoms with Gasteiger partial charge in [0.2, 0.25) is 23.6 Å². The second-order valence-electron chi connectivity index (χ2n) is 16.2. The molecule has 14 heteroatoms. The van der Waals surface area contributed by atoms with Gasteiger partial charge < -0.3 is 34.8 Å². The number of hydrogen-bond donors (Lipinski definition) is 2. The molecule has 1 aromatic rings. The molecule has 0 saturated heterocycles. The van der Waals surface area contributed by atoms with Gasteiger partial charge >= 0.3 is 11.9 Å². The van der Waals surface area contributed by atoms with E-state index in [9.17, 15) is 33.6 Å². The summed E-state index contributed by atoms with van der Waals surface area (Å²) in [6.45, 7) is 15.6. The highest BCUT2D eigenvalue weighted by atomic mass is 16.6. The number of esters is 2. The van der Waals surface area contributed by atoms with Crippen LogP contribution in [-0.4, -0.2) is 120 Å². The fraction of sp³-hybridized carbons (Fsp3) is 0.651. The fourth-order valence-corrected chi connectivity index (χ4v) is 6.43. The zero-order valence-corrected chi connectivity index (χ0v) is 36.1. The van der Waals surface area contributed by atoms with Crippen molar-refractivity contribution in [1.82, 2.24) is 25.3 Å². The lowest BCUT2D eigenvalue weighted by Crippen LogP contribution is -2.58. The van der Waals surface area contributed by atoms with Gasteiger partial charge in [-0.15, -0.1) is 0 Å². The number of benzene rings is 1. The maximum absolute atomic E-state index is 14.1. The third-order valence-electron chi connectivity index (χ3n) is 10.6. The van der Waals surface area contributed by atoms with Crippen molar-refractivity contribution in [3.63, 3.8) is 0 Å². The summed E-state index contributed by atoms with van der Waals surface area (Å²) in [4.78, 5) is 99.4. The molecule has 0 radical (unpaired) electrons. The van der Waals surface area contributed by atoms with E-state index in [-0.39, 0.29) is 30.6 Å². The summed E-state index contributed by atoms with van der Waals surface area (Å²) in [5, 5.41) is 5.49. The fourth-order valence-electron chi connectivity index (χ4n) is 6.43. The summed E-state index contributed by atoms with van der Waals surface area (Å²) in [5.74, 6) is -4.47. The topological polar surface area (TPSA) is 172 Å². The summed E-state index contributed by atoms with van der Waals surface area (Å²) < 4.78 is 11.6. The molecule has 0 saturated carbocycles. The minimum atomic E-state index is -1.18. The van der Waals surface area contributed by atoms with Crippen LogP contribution in [0.15, 0.2) is 42.0 Å². The molecule has 0 spiro atoms. The van der Waals surface area contributed by atoms with Crippen molar-refractivity contribution >= 4 is 41.5 Å². The maximum atomic E-state index is 14.1. The molecule has 0 aromatic heterocycles. The van der Waals surface area contributed by atoms with Crippen LogP contribution < -0.4 is 10.6 Å². The highest BCUT2D eigenvalue weighted by Gasteiger charge is 2.37. The average molecular weight is 798 g/mol. The molecule has 1 aromatic carbocycles. The van der Waals surface area contributed by atoms with Crippen LogP contribution in [0.1, 0.15) is 100.0 Å². The van der Waals surface area contributed by atoms with E-state index in [0.29, 0.717) is 31.3 Å². The van der Waals surface area contributed by atoms with Crippen molar-refractivity contribution in [3.8, 4) is 0 Å². The molecule has 5 amide bonds. The van der Waals surface area contributed by atoms with Gasteiger partial charge in [0, 0.05) is 33.1 Å². The predicted molar refractivity (Wildman–Crippen MR) is 217 cm³/mol. The van der Waals surface area contributed by atoms with Gasteiger partial charge in [0.05, 0.1) is 6.54 Å². The van der Waals surface area contributed by atoms with Crippen LogP contribution >= 0.6 is 0 Å². The van der Waals surface area contributed by atoms with Gasteiger partial charge in [-0.2, -0.15) is 0 Å². The minimum absolute atomic E-state index is 0.0239. The van der Waals surface area contributed by atoms with Gasteiger partial charge in [-0.1, -0.05) is 84.4 Å². The summed E-state index contributed by atoms with van der Waals surface area (Å²) in [6, 6.07) is 4.94. The van der Waals surface area contributed by atoms with Crippen LogP contribution in [0.2, 0.25) is 0 Å². The van der Waals surface area contributed by atoms with Gasteiger partial charge in [-0.05, 0) is 69.8 Å². The molecule has 2 N–H and O–H groups in total. The Bertz CT molecular complexity index is 1580. The summed E-state index contributed by atoms with van der Waals surface area (Å²) >= 11 is 0. The molecule has 2 unspecified atom stereocenters. The van der Waals surface area contributed by atoms with Crippen LogP contribution in [-0.2, 0) is 49.5 Å². The highest BCUT2D eigenvalue weighted by molar-refractivity contribution is 5.96. The second kappa shape index (κ2) is 22.9. The van der Waals surface area contributed by atoms with Crippen LogP contribution in [0.25, 0.3) is 0 Å². The Balaban J connectivity index is 2.57. The van der Waals surface area contributed by atoms with Crippen LogP contribution in [0, 0.1) is 17.8 Å². The Morgan fingerprint density at radius 2 is 1.46 bits per heavy atom. The number of nitrogens with zero attached hydrogens (tertiary/aromatic N) is 3. The smallest absolute Gasteiger partial charge is 0.334 e. The maximum Gasteiger partial charge on any atom is 0.334 e. The Morgan fingerprint density at radius 3 is 2.04 bits per heavy atom. The lowest BCUT2D eigenvalue weighted by molar-refractivity contribution is -0.161. The molecule has 2 rings (SSSR count). The molecule has 0 bridgehead atoms. The van der Waals surface area contributed by atoms with Crippen molar-refractivity contribution < 1.29 is 43.0 Å². The van der Waals surface area contributed by atoms with Gasteiger partial charge in [0.25, 0.3) is 5.91 Å². The lowest BCUT2D eigenvalue weighted by atomic mass is 9.97. The van der Waals surface area contributed by atoms with Gasteiger partial charge in [-0.25, -0.2) is 9.59 Å². The van der Waals surface area contributed by atoms with Crippen molar-refractivity contribution in [1.29, 1.82) is 0 Å². The van der Waals surface area contributed by atoms with E-state index in [4.69, 9.17) is 9.47 Å². The predicted octanol–water partition coefficient (Wildman–Crippen LogP) is 4.05. The third kappa shape index (κ3) is 14.6. The van der Waals surface area contributed by atoms with Gasteiger partial charge in [0.15, 0.2) is 6.10 Å². The number of ether oxygens (including phenoxy) is 2. The number of rotatable bonds is 7. The minimum Gasteiger partial charge on any atom is -0.461 e.